The number of aromatic nitrogens is 2. The van der Waals surface area contributed by atoms with Gasteiger partial charge in [-0.25, -0.2) is 4.98 Å². The second-order valence-electron chi connectivity index (χ2n) is 6.74. The van der Waals surface area contributed by atoms with Gasteiger partial charge in [-0.05, 0) is 17.8 Å². The van der Waals surface area contributed by atoms with Gasteiger partial charge in [0.2, 0.25) is 0 Å². The van der Waals surface area contributed by atoms with E-state index in [4.69, 9.17) is 10.5 Å². The van der Waals surface area contributed by atoms with E-state index in [2.05, 4.69) is 37.2 Å². The van der Waals surface area contributed by atoms with E-state index in [1.807, 2.05) is 12.5 Å². The molecule has 1 saturated heterocycles. The highest BCUT2D eigenvalue weighted by Gasteiger charge is 2.29. The van der Waals surface area contributed by atoms with Crippen molar-refractivity contribution in [2.24, 2.45) is 23.0 Å². The van der Waals surface area contributed by atoms with Gasteiger partial charge in [0, 0.05) is 25.3 Å². The topological polar surface area (TPSA) is 53.1 Å². The molecule has 0 aliphatic carbocycles. The van der Waals surface area contributed by atoms with Crippen LogP contribution in [0.4, 0.5) is 0 Å². The number of hydrogen-bond donors (Lipinski definition) is 1. The second kappa shape index (κ2) is 5.63. The third-order valence-electron chi connectivity index (χ3n) is 4.70. The van der Waals surface area contributed by atoms with Gasteiger partial charge in [-0.3, -0.25) is 0 Å². The molecule has 19 heavy (non-hydrogen) atoms. The highest BCUT2D eigenvalue weighted by molar-refractivity contribution is 5.07. The van der Waals surface area contributed by atoms with Crippen molar-refractivity contribution in [3.05, 3.63) is 18.2 Å². The Kier molecular flexibility index (Phi) is 4.31. The Morgan fingerprint density at radius 1 is 1.53 bits per heavy atom. The van der Waals surface area contributed by atoms with Crippen LogP contribution in [-0.2, 0) is 11.3 Å². The molecule has 1 aromatic heterocycles. The van der Waals surface area contributed by atoms with Crippen molar-refractivity contribution >= 4 is 0 Å². The van der Waals surface area contributed by atoms with E-state index in [-0.39, 0.29) is 11.5 Å². The zero-order valence-corrected chi connectivity index (χ0v) is 12.6. The average Bonchev–Trinajstić information content (AvgIpc) is 2.97. The predicted molar refractivity (Wildman–Crippen MR) is 76.7 cm³/mol. The maximum absolute atomic E-state index is 6.40. The largest absolute Gasteiger partial charge is 0.381 e. The summed E-state index contributed by atoms with van der Waals surface area (Å²) in [6.45, 7) is 11.7. The van der Waals surface area contributed by atoms with Gasteiger partial charge >= 0.3 is 0 Å². The standard InChI is InChI=1S/C15H27N3O/c1-11(2)15(3,4)9-18-10-17-7-13(18)14(16)12-5-6-19-8-12/h7,10-12,14H,5-6,8-9,16H2,1-4H3. The summed E-state index contributed by atoms with van der Waals surface area (Å²) in [5.74, 6) is 1.05. The zero-order valence-electron chi connectivity index (χ0n) is 12.6. The lowest BCUT2D eigenvalue weighted by Gasteiger charge is -2.31. The van der Waals surface area contributed by atoms with Gasteiger partial charge in [0.25, 0.3) is 0 Å². The molecule has 0 amide bonds. The van der Waals surface area contributed by atoms with Gasteiger partial charge in [0.15, 0.2) is 0 Å². The first-order valence-electron chi connectivity index (χ1n) is 7.25. The minimum atomic E-state index is 0.0352. The Morgan fingerprint density at radius 3 is 2.84 bits per heavy atom. The molecule has 0 spiro atoms. The Labute approximate surface area is 116 Å². The summed E-state index contributed by atoms with van der Waals surface area (Å²) in [6.07, 6.45) is 4.88. The molecule has 0 aromatic carbocycles. The number of rotatable bonds is 5. The van der Waals surface area contributed by atoms with Crippen LogP contribution < -0.4 is 5.73 Å². The van der Waals surface area contributed by atoms with E-state index < -0.39 is 0 Å². The number of nitrogens with zero attached hydrogens (tertiary/aromatic N) is 2. The van der Waals surface area contributed by atoms with Gasteiger partial charge in [-0.2, -0.15) is 0 Å². The smallest absolute Gasteiger partial charge is 0.0948 e. The number of nitrogens with two attached hydrogens (primary N) is 1. The molecule has 4 heteroatoms. The van der Waals surface area contributed by atoms with E-state index in [0.29, 0.717) is 11.8 Å². The molecule has 2 atom stereocenters. The van der Waals surface area contributed by atoms with Crippen molar-refractivity contribution in [2.45, 2.75) is 46.7 Å². The minimum absolute atomic E-state index is 0.0352. The van der Waals surface area contributed by atoms with Gasteiger partial charge in [-0.15, -0.1) is 0 Å². The SMILES string of the molecule is CC(C)C(C)(C)Cn1cncc1C(N)C1CCOC1. The van der Waals surface area contributed by atoms with Crippen molar-refractivity contribution in [3.63, 3.8) is 0 Å². The van der Waals surface area contributed by atoms with Crippen LogP contribution in [0.5, 0.6) is 0 Å². The molecule has 1 aliphatic heterocycles. The summed E-state index contributed by atoms with van der Waals surface area (Å²) in [5, 5.41) is 0. The fraction of sp³-hybridized carbons (Fsp3) is 0.800. The third-order valence-corrected chi connectivity index (χ3v) is 4.70. The summed E-state index contributed by atoms with van der Waals surface area (Å²) < 4.78 is 7.67. The first kappa shape index (κ1) is 14.5. The summed E-state index contributed by atoms with van der Waals surface area (Å²) in [6, 6.07) is 0.0352. The fourth-order valence-corrected chi connectivity index (χ4v) is 2.44. The van der Waals surface area contributed by atoms with Gasteiger partial charge in [0.05, 0.1) is 24.7 Å². The highest BCUT2D eigenvalue weighted by Crippen LogP contribution is 2.31. The summed E-state index contributed by atoms with van der Waals surface area (Å²) in [4.78, 5) is 4.30. The quantitative estimate of drug-likeness (QED) is 0.890. The first-order chi connectivity index (χ1) is 8.92. The van der Waals surface area contributed by atoms with E-state index in [0.717, 1.165) is 31.9 Å². The molecule has 0 saturated carbocycles. The van der Waals surface area contributed by atoms with Gasteiger partial charge in [-0.1, -0.05) is 27.7 Å². The Morgan fingerprint density at radius 2 is 2.26 bits per heavy atom. The lowest BCUT2D eigenvalue weighted by molar-refractivity contribution is 0.178. The van der Waals surface area contributed by atoms with Crippen LogP contribution in [0.25, 0.3) is 0 Å². The Balaban J connectivity index is 2.13. The highest BCUT2D eigenvalue weighted by atomic mass is 16.5. The molecule has 108 valence electrons. The fourth-order valence-electron chi connectivity index (χ4n) is 2.44. The molecule has 4 nitrogen and oxygen atoms in total. The summed E-state index contributed by atoms with van der Waals surface area (Å²) in [5.41, 5.74) is 7.78. The monoisotopic (exact) mass is 265 g/mol. The molecule has 1 fully saturated rings. The van der Waals surface area contributed by atoms with Crippen molar-refractivity contribution in [1.29, 1.82) is 0 Å². The van der Waals surface area contributed by atoms with Crippen LogP contribution in [0.1, 0.15) is 45.9 Å². The third kappa shape index (κ3) is 3.18. The molecule has 2 rings (SSSR count). The summed E-state index contributed by atoms with van der Waals surface area (Å²) >= 11 is 0. The Bertz CT molecular complexity index is 405. The van der Waals surface area contributed by atoms with Crippen molar-refractivity contribution in [3.8, 4) is 0 Å². The lowest BCUT2D eigenvalue weighted by Crippen LogP contribution is -2.29. The van der Waals surface area contributed by atoms with E-state index in [9.17, 15) is 0 Å². The second-order valence-corrected chi connectivity index (χ2v) is 6.74. The van der Waals surface area contributed by atoms with Crippen molar-refractivity contribution in [2.75, 3.05) is 13.2 Å². The van der Waals surface area contributed by atoms with Gasteiger partial charge in [0.1, 0.15) is 0 Å². The maximum atomic E-state index is 6.40. The average molecular weight is 265 g/mol. The van der Waals surface area contributed by atoms with Gasteiger partial charge < -0.3 is 15.0 Å². The molecule has 1 aliphatic rings. The normalized spacial score (nSPS) is 22.1. The first-order valence-corrected chi connectivity index (χ1v) is 7.25. The molecule has 2 N–H and O–H groups in total. The molecule has 2 heterocycles. The van der Waals surface area contributed by atoms with Crippen LogP contribution in [0.15, 0.2) is 12.5 Å². The van der Waals surface area contributed by atoms with Crippen LogP contribution >= 0.6 is 0 Å². The Hall–Kier alpha value is -0.870. The summed E-state index contributed by atoms with van der Waals surface area (Å²) in [7, 11) is 0. The van der Waals surface area contributed by atoms with Crippen LogP contribution in [-0.4, -0.2) is 22.8 Å². The number of imidazole rings is 1. The molecular weight excluding hydrogens is 238 g/mol. The van der Waals surface area contributed by atoms with Crippen molar-refractivity contribution < 1.29 is 4.74 Å². The lowest BCUT2D eigenvalue weighted by atomic mass is 9.81. The number of ether oxygens (including phenoxy) is 1. The number of hydrogen-bond acceptors (Lipinski definition) is 3. The zero-order chi connectivity index (χ0) is 14.0. The predicted octanol–water partition coefficient (Wildman–Crippen LogP) is 2.60. The maximum Gasteiger partial charge on any atom is 0.0948 e. The van der Waals surface area contributed by atoms with Crippen molar-refractivity contribution in [1.82, 2.24) is 9.55 Å². The van der Waals surface area contributed by atoms with E-state index in [1.165, 1.54) is 0 Å². The van der Waals surface area contributed by atoms with Crippen LogP contribution in [0.3, 0.4) is 0 Å². The van der Waals surface area contributed by atoms with E-state index in [1.54, 1.807) is 0 Å². The molecule has 1 aromatic rings. The van der Waals surface area contributed by atoms with E-state index >= 15 is 0 Å². The molecule has 0 bridgehead atoms. The molecule has 0 radical (unpaired) electrons. The minimum Gasteiger partial charge on any atom is -0.381 e. The van der Waals surface area contributed by atoms with Crippen LogP contribution in [0, 0.1) is 17.3 Å². The molecular formula is C15H27N3O. The molecule has 2 unspecified atom stereocenters. The van der Waals surface area contributed by atoms with Crippen LogP contribution in [0.2, 0.25) is 0 Å².